The third-order valence-corrected chi connectivity index (χ3v) is 3.13. The second-order valence-electron chi connectivity index (χ2n) is 4.39. The quantitative estimate of drug-likeness (QED) is 0.849. The van der Waals surface area contributed by atoms with Crippen LogP contribution in [0.25, 0.3) is 0 Å². The van der Waals surface area contributed by atoms with Gasteiger partial charge in [0.25, 0.3) is 0 Å². The Kier molecular flexibility index (Phi) is 4.22. The van der Waals surface area contributed by atoms with Crippen LogP contribution < -0.4 is 0 Å². The first-order chi connectivity index (χ1) is 8.66. The zero-order valence-electron chi connectivity index (χ0n) is 10.3. The molecule has 18 heavy (non-hydrogen) atoms. The third kappa shape index (κ3) is 3.24. The Morgan fingerprint density at radius 2 is 2.50 bits per heavy atom. The predicted molar refractivity (Wildman–Crippen MR) is 64.0 cm³/mol. The van der Waals surface area contributed by atoms with E-state index >= 15 is 0 Å². The second kappa shape index (κ2) is 5.88. The van der Waals surface area contributed by atoms with Gasteiger partial charge in [-0.1, -0.05) is 0 Å². The monoisotopic (exact) mass is 251 g/mol. The van der Waals surface area contributed by atoms with E-state index in [1.807, 2.05) is 6.92 Å². The zero-order chi connectivity index (χ0) is 13.0. The average molecular weight is 251 g/mol. The van der Waals surface area contributed by atoms with Crippen molar-refractivity contribution in [3.05, 3.63) is 24.3 Å². The van der Waals surface area contributed by atoms with E-state index in [-0.39, 0.29) is 18.6 Å². The fourth-order valence-electron chi connectivity index (χ4n) is 2.13. The topological polar surface area (TPSA) is 75.5 Å². The molecule has 1 aliphatic rings. The molecule has 1 fully saturated rings. The van der Waals surface area contributed by atoms with Gasteiger partial charge in [-0.3, -0.25) is 19.7 Å². The molecule has 2 heterocycles. The van der Waals surface area contributed by atoms with Gasteiger partial charge in [0.1, 0.15) is 0 Å². The predicted octanol–water partition coefficient (Wildman–Crippen LogP) is 0.713. The molecule has 1 N–H and O–H groups in total. The number of hydrogen-bond donors (Lipinski definition) is 1. The molecule has 2 rings (SSSR count). The van der Waals surface area contributed by atoms with Gasteiger partial charge in [0.2, 0.25) is 0 Å². The lowest BCUT2D eigenvalue weighted by molar-refractivity contribution is -0.142. The number of carboxylic acid groups (broad SMARTS) is 1. The summed E-state index contributed by atoms with van der Waals surface area (Å²) < 4.78 is 5.45. The van der Waals surface area contributed by atoms with Crippen molar-refractivity contribution in [2.75, 3.05) is 19.7 Å². The molecule has 1 aromatic heterocycles. The molecule has 2 atom stereocenters. The standard InChI is InChI=1S/C12H17N3O3/c1-9(11-7-13-2-3-14-11)15-4-5-18-10(8-15)6-12(16)17/h2-3,7,9-10H,4-6,8H2,1H3,(H,16,17). The van der Waals surface area contributed by atoms with Crippen LogP contribution in [0, 0.1) is 0 Å². The van der Waals surface area contributed by atoms with E-state index in [0.717, 1.165) is 12.2 Å². The van der Waals surface area contributed by atoms with Crippen LogP contribution in [-0.4, -0.2) is 51.7 Å². The Morgan fingerprint density at radius 3 is 3.17 bits per heavy atom. The zero-order valence-corrected chi connectivity index (χ0v) is 10.3. The molecule has 0 saturated carbocycles. The number of nitrogens with zero attached hydrogens (tertiary/aromatic N) is 3. The molecule has 0 bridgehead atoms. The van der Waals surface area contributed by atoms with E-state index in [4.69, 9.17) is 9.84 Å². The number of rotatable bonds is 4. The van der Waals surface area contributed by atoms with Crippen LogP contribution in [0.5, 0.6) is 0 Å². The van der Waals surface area contributed by atoms with Crippen LogP contribution in [-0.2, 0) is 9.53 Å². The Labute approximate surface area is 106 Å². The molecular formula is C12H17N3O3. The molecule has 0 aromatic carbocycles. The minimum Gasteiger partial charge on any atom is -0.481 e. The first kappa shape index (κ1) is 12.9. The van der Waals surface area contributed by atoms with Gasteiger partial charge in [0, 0.05) is 31.7 Å². The highest BCUT2D eigenvalue weighted by molar-refractivity contribution is 5.67. The van der Waals surface area contributed by atoms with E-state index in [1.165, 1.54) is 0 Å². The molecule has 6 heteroatoms. The van der Waals surface area contributed by atoms with Gasteiger partial charge in [0.15, 0.2) is 0 Å². The van der Waals surface area contributed by atoms with Crippen LogP contribution in [0.1, 0.15) is 25.1 Å². The molecule has 2 unspecified atom stereocenters. The lowest BCUT2D eigenvalue weighted by Gasteiger charge is -2.35. The number of aliphatic carboxylic acids is 1. The molecule has 1 saturated heterocycles. The van der Waals surface area contributed by atoms with Crippen molar-refractivity contribution >= 4 is 5.97 Å². The summed E-state index contributed by atoms with van der Waals surface area (Å²) in [6.45, 7) is 4.01. The molecule has 98 valence electrons. The lowest BCUT2D eigenvalue weighted by atomic mass is 10.1. The lowest BCUT2D eigenvalue weighted by Crippen LogP contribution is -2.44. The summed E-state index contributed by atoms with van der Waals surface area (Å²) in [5, 5.41) is 8.79. The Bertz CT molecular complexity index is 399. The van der Waals surface area contributed by atoms with Gasteiger partial charge in [-0.15, -0.1) is 0 Å². The van der Waals surface area contributed by atoms with E-state index in [1.54, 1.807) is 18.6 Å². The summed E-state index contributed by atoms with van der Waals surface area (Å²) >= 11 is 0. The highest BCUT2D eigenvalue weighted by atomic mass is 16.5. The first-order valence-corrected chi connectivity index (χ1v) is 6.00. The van der Waals surface area contributed by atoms with Crippen molar-refractivity contribution in [3.8, 4) is 0 Å². The van der Waals surface area contributed by atoms with Crippen molar-refractivity contribution in [2.24, 2.45) is 0 Å². The number of hydrogen-bond acceptors (Lipinski definition) is 5. The number of aromatic nitrogens is 2. The van der Waals surface area contributed by atoms with E-state index in [0.29, 0.717) is 13.2 Å². The third-order valence-electron chi connectivity index (χ3n) is 3.13. The van der Waals surface area contributed by atoms with Crippen LogP contribution in [0.15, 0.2) is 18.6 Å². The SMILES string of the molecule is CC(c1cnccn1)N1CCOC(CC(=O)O)C1. The van der Waals surface area contributed by atoms with Gasteiger partial charge in [-0.2, -0.15) is 0 Å². The summed E-state index contributed by atoms with van der Waals surface area (Å²) in [7, 11) is 0. The Balaban J connectivity index is 1.98. The van der Waals surface area contributed by atoms with Crippen molar-refractivity contribution in [1.29, 1.82) is 0 Å². The van der Waals surface area contributed by atoms with Crippen molar-refractivity contribution in [3.63, 3.8) is 0 Å². The van der Waals surface area contributed by atoms with E-state index in [9.17, 15) is 4.79 Å². The number of morpholine rings is 1. The van der Waals surface area contributed by atoms with E-state index < -0.39 is 5.97 Å². The summed E-state index contributed by atoms with van der Waals surface area (Å²) in [6, 6.07) is 0.124. The summed E-state index contributed by atoms with van der Waals surface area (Å²) in [5.41, 5.74) is 0.897. The molecule has 6 nitrogen and oxygen atoms in total. The fraction of sp³-hybridized carbons (Fsp3) is 0.583. The van der Waals surface area contributed by atoms with Gasteiger partial charge in [-0.25, -0.2) is 0 Å². The Morgan fingerprint density at radius 1 is 1.67 bits per heavy atom. The summed E-state index contributed by atoms with van der Waals surface area (Å²) in [6.07, 6.45) is 4.86. The maximum absolute atomic E-state index is 10.7. The highest BCUT2D eigenvalue weighted by Gasteiger charge is 2.26. The van der Waals surface area contributed by atoms with Crippen LogP contribution in [0.2, 0.25) is 0 Å². The first-order valence-electron chi connectivity index (χ1n) is 6.00. The molecule has 0 amide bonds. The van der Waals surface area contributed by atoms with Crippen LogP contribution in [0.4, 0.5) is 0 Å². The van der Waals surface area contributed by atoms with Crippen molar-refractivity contribution in [1.82, 2.24) is 14.9 Å². The fourth-order valence-corrected chi connectivity index (χ4v) is 2.13. The van der Waals surface area contributed by atoms with Crippen LogP contribution in [0.3, 0.4) is 0 Å². The smallest absolute Gasteiger partial charge is 0.306 e. The number of carbonyl (C=O) groups is 1. The number of ether oxygens (including phenoxy) is 1. The molecule has 0 spiro atoms. The molecular weight excluding hydrogens is 234 g/mol. The van der Waals surface area contributed by atoms with E-state index in [2.05, 4.69) is 14.9 Å². The molecule has 1 aliphatic heterocycles. The largest absolute Gasteiger partial charge is 0.481 e. The highest BCUT2D eigenvalue weighted by Crippen LogP contribution is 2.21. The molecule has 0 radical (unpaired) electrons. The summed E-state index contributed by atoms with van der Waals surface area (Å²) in [4.78, 5) is 21.2. The van der Waals surface area contributed by atoms with Gasteiger partial charge < -0.3 is 9.84 Å². The normalized spacial score (nSPS) is 22.6. The molecule has 0 aliphatic carbocycles. The summed E-state index contributed by atoms with van der Waals surface area (Å²) in [5.74, 6) is -0.825. The minimum absolute atomic E-state index is 0.0453. The molecule has 1 aromatic rings. The Hall–Kier alpha value is -1.53. The van der Waals surface area contributed by atoms with Gasteiger partial charge in [-0.05, 0) is 6.92 Å². The van der Waals surface area contributed by atoms with Crippen molar-refractivity contribution in [2.45, 2.75) is 25.5 Å². The second-order valence-corrected chi connectivity index (χ2v) is 4.39. The van der Waals surface area contributed by atoms with Crippen molar-refractivity contribution < 1.29 is 14.6 Å². The van der Waals surface area contributed by atoms with Gasteiger partial charge in [0.05, 0.1) is 30.9 Å². The average Bonchev–Trinajstić information content (AvgIpc) is 2.38. The van der Waals surface area contributed by atoms with Crippen LogP contribution >= 0.6 is 0 Å². The number of carboxylic acids is 1. The van der Waals surface area contributed by atoms with Gasteiger partial charge >= 0.3 is 5.97 Å². The maximum atomic E-state index is 10.7. The minimum atomic E-state index is -0.825. The maximum Gasteiger partial charge on any atom is 0.306 e.